The van der Waals surface area contributed by atoms with Crippen LogP contribution in [0, 0.1) is 6.92 Å². The Morgan fingerprint density at radius 3 is 2.52 bits per heavy atom. The summed E-state index contributed by atoms with van der Waals surface area (Å²) in [5.41, 5.74) is 3.68. The van der Waals surface area contributed by atoms with Gasteiger partial charge >= 0.3 is 5.97 Å². The number of hydrogen-bond acceptors (Lipinski definition) is 2. The van der Waals surface area contributed by atoms with E-state index in [0.29, 0.717) is 23.9 Å². The minimum Gasteiger partial charge on any atom is -0.461 e. The third-order valence-electron chi connectivity index (χ3n) is 3.95. The first-order valence-electron chi connectivity index (χ1n) is 7.61. The van der Waals surface area contributed by atoms with E-state index in [9.17, 15) is 4.79 Å². The molecule has 0 saturated carbocycles. The van der Waals surface area contributed by atoms with Crippen LogP contribution in [0.3, 0.4) is 0 Å². The number of ether oxygens (including phenoxy) is 1. The fraction of sp³-hybridized carbons (Fsp3) is 0.211. The van der Waals surface area contributed by atoms with Gasteiger partial charge in [0.2, 0.25) is 0 Å². The van der Waals surface area contributed by atoms with Crippen LogP contribution in [0.25, 0.3) is 10.9 Å². The number of esters is 1. The number of aromatic nitrogens is 1. The molecule has 3 nitrogen and oxygen atoms in total. The van der Waals surface area contributed by atoms with Crippen LogP contribution in [0.1, 0.15) is 28.5 Å². The molecule has 0 bridgehead atoms. The molecule has 0 radical (unpaired) electrons. The van der Waals surface area contributed by atoms with E-state index in [4.69, 9.17) is 16.3 Å². The summed E-state index contributed by atoms with van der Waals surface area (Å²) in [7, 11) is 0. The van der Waals surface area contributed by atoms with Gasteiger partial charge in [0.05, 0.1) is 6.61 Å². The Bertz CT molecular complexity index is 850. The summed E-state index contributed by atoms with van der Waals surface area (Å²) in [6, 6.07) is 15.7. The van der Waals surface area contributed by atoms with E-state index in [0.717, 1.165) is 22.0 Å². The molecule has 118 valence electrons. The van der Waals surface area contributed by atoms with Gasteiger partial charge in [-0.25, -0.2) is 4.79 Å². The molecule has 3 rings (SSSR count). The van der Waals surface area contributed by atoms with Crippen molar-refractivity contribution >= 4 is 28.5 Å². The molecule has 0 aliphatic rings. The Balaban J connectivity index is 2.14. The second-order valence-electron chi connectivity index (χ2n) is 5.42. The molecule has 0 unspecified atom stereocenters. The summed E-state index contributed by atoms with van der Waals surface area (Å²) < 4.78 is 7.27. The monoisotopic (exact) mass is 327 g/mol. The number of carbonyl (C=O) groups excluding carboxylic acids is 1. The van der Waals surface area contributed by atoms with Gasteiger partial charge in [-0.1, -0.05) is 41.9 Å². The zero-order valence-electron chi connectivity index (χ0n) is 13.2. The number of carbonyl (C=O) groups is 1. The molecular formula is C19H18ClNO2. The molecule has 0 N–H and O–H groups in total. The number of benzene rings is 2. The second-order valence-corrected chi connectivity index (χ2v) is 5.86. The smallest absolute Gasteiger partial charge is 0.355 e. The predicted molar refractivity (Wildman–Crippen MR) is 93.2 cm³/mol. The lowest BCUT2D eigenvalue weighted by atomic mass is 10.1. The van der Waals surface area contributed by atoms with Gasteiger partial charge in [0.25, 0.3) is 0 Å². The van der Waals surface area contributed by atoms with Crippen molar-refractivity contribution in [3.8, 4) is 0 Å². The standard InChI is InChI=1S/C19H18ClNO2/c1-3-23-19(22)18-13(2)16-6-4-5-7-17(16)21(18)12-14-8-10-15(20)11-9-14/h4-11H,3,12H2,1-2H3. The lowest BCUT2D eigenvalue weighted by molar-refractivity contribution is 0.0514. The summed E-state index contributed by atoms with van der Waals surface area (Å²) in [6.45, 7) is 4.74. The minimum atomic E-state index is -0.282. The minimum absolute atomic E-state index is 0.282. The van der Waals surface area contributed by atoms with Crippen LogP contribution >= 0.6 is 11.6 Å². The normalized spacial score (nSPS) is 10.9. The van der Waals surface area contributed by atoms with Crippen molar-refractivity contribution in [2.75, 3.05) is 6.61 Å². The highest BCUT2D eigenvalue weighted by Gasteiger charge is 2.21. The van der Waals surface area contributed by atoms with E-state index >= 15 is 0 Å². The Labute approximate surface area is 140 Å². The first-order chi connectivity index (χ1) is 11.1. The van der Waals surface area contributed by atoms with Crippen molar-refractivity contribution in [3.63, 3.8) is 0 Å². The van der Waals surface area contributed by atoms with Crippen molar-refractivity contribution in [3.05, 3.63) is 70.4 Å². The molecule has 0 atom stereocenters. The van der Waals surface area contributed by atoms with Crippen LogP contribution < -0.4 is 0 Å². The van der Waals surface area contributed by atoms with Gasteiger partial charge in [0.15, 0.2) is 0 Å². The molecule has 0 spiro atoms. The van der Waals surface area contributed by atoms with Crippen LogP contribution in [0.2, 0.25) is 5.02 Å². The number of hydrogen-bond donors (Lipinski definition) is 0. The number of aryl methyl sites for hydroxylation is 1. The average Bonchev–Trinajstić information content (AvgIpc) is 2.83. The Hall–Kier alpha value is -2.26. The van der Waals surface area contributed by atoms with Gasteiger partial charge in [-0.05, 0) is 43.2 Å². The molecule has 0 aliphatic heterocycles. The highest BCUT2D eigenvalue weighted by Crippen LogP contribution is 2.27. The molecule has 4 heteroatoms. The number of fused-ring (bicyclic) bond motifs is 1. The summed E-state index contributed by atoms with van der Waals surface area (Å²) in [5, 5.41) is 1.78. The highest BCUT2D eigenvalue weighted by atomic mass is 35.5. The van der Waals surface area contributed by atoms with Crippen molar-refractivity contribution in [1.29, 1.82) is 0 Å². The first kappa shape index (κ1) is 15.6. The molecule has 3 aromatic rings. The van der Waals surface area contributed by atoms with Crippen molar-refractivity contribution in [2.45, 2.75) is 20.4 Å². The van der Waals surface area contributed by atoms with Gasteiger partial charge in [0, 0.05) is 22.5 Å². The molecule has 2 aromatic carbocycles. The maximum atomic E-state index is 12.4. The predicted octanol–water partition coefficient (Wildman–Crippen LogP) is 4.83. The molecule has 1 aromatic heterocycles. The molecule has 0 aliphatic carbocycles. The lowest BCUT2D eigenvalue weighted by Gasteiger charge is -2.11. The molecule has 0 fully saturated rings. The third kappa shape index (κ3) is 2.97. The Morgan fingerprint density at radius 1 is 1.13 bits per heavy atom. The summed E-state index contributed by atoms with van der Waals surface area (Å²) in [4.78, 5) is 12.4. The van der Waals surface area contributed by atoms with Crippen LogP contribution in [-0.2, 0) is 11.3 Å². The van der Waals surface area contributed by atoms with Gasteiger partial charge < -0.3 is 9.30 Å². The van der Waals surface area contributed by atoms with Crippen molar-refractivity contribution in [1.82, 2.24) is 4.57 Å². The van der Waals surface area contributed by atoms with Gasteiger partial charge in [0.1, 0.15) is 5.69 Å². The number of para-hydroxylation sites is 1. The molecule has 23 heavy (non-hydrogen) atoms. The van der Waals surface area contributed by atoms with Gasteiger partial charge in [-0.2, -0.15) is 0 Å². The van der Waals surface area contributed by atoms with Crippen LogP contribution in [0.5, 0.6) is 0 Å². The van der Waals surface area contributed by atoms with E-state index in [1.165, 1.54) is 0 Å². The van der Waals surface area contributed by atoms with E-state index < -0.39 is 0 Å². The molecule has 1 heterocycles. The maximum absolute atomic E-state index is 12.4. The first-order valence-corrected chi connectivity index (χ1v) is 7.99. The molecule has 0 saturated heterocycles. The van der Waals surface area contributed by atoms with Crippen molar-refractivity contribution < 1.29 is 9.53 Å². The van der Waals surface area contributed by atoms with Gasteiger partial charge in [-0.3, -0.25) is 0 Å². The van der Waals surface area contributed by atoms with E-state index in [1.807, 2.05) is 66.9 Å². The lowest BCUT2D eigenvalue weighted by Crippen LogP contribution is -2.14. The van der Waals surface area contributed by atoms with E-state index in [2.05, 4.69) is 0 Å². The van der Waals surface area contributed by atoms with Crippen LogP contribution in [0.15, 0.2) is 48.5 Å². The molecule has 0 amide bonds. The summed E-state index contributed by atoms with van der Waals surface area (Å²) in [6.07, 6.45) is 0. The fourth-order valence-corrected chi connectivity index (χ4v) is 3.00. The number of halogens is 1. The van der Waals surface area contributed by atoms with Crippen LogP contribution in [-0.4, -0.2) is 17.1 Å². The second kappa shape index (κ2) is 6.47. The van der Waals surface area contributed by atoms with E-state index in [-0.39, 0.29) is 5.97 Å². The zero-order valence-corrected chi connectivity index (χ0v) is 13.9. The zero-order chi connectivity index (χ0) is 16.4. The van der Waals surface area contributed by atoms with Crippen LogP contribution in [0.4, 0.5) is 0 Å². The average molecular weight is 328 g/mol. The third-order valence-corrected chi connectivity index (χ3v) is 4.20. The Morgan fingerprint density at radius 2 is 1.83 bits per heavy atom. The SMILES string of the molecule is CCOC(=O)c1c(C)c2ccccc2n1Cc1ccc(Cl)cc1. The summed E-state index contributed by atoms with van der Waals surface area (Å²) in [5.74, 6) is -0.282. The summed E-state index contributed by atoms with van der Waals surface area (Å²) >= 11 is 5.96. The molecular weight excluding hydrogens is 310 g/mol. The number of rotatable bonds is 4. The highest BCUT2D eigenvalue weighted by molar-refractivity contribution is 6.30. The maximum Gasteiger partial charge on any atom is 0.355 e. The quantitative estimate of drug-likeness (QED) is 0.643. The fourth-order valence-electron chi connectivity index (χ4n) is 2.88. The number of nitrogens with zero attached hydrogens (tertiary/aromatic N) is 1. The van der Waals surface area contributed by atoms with Crippen molar-refractivity contribution in [2.24, 2.45) is 0 Å². The Kier molecular flexibility index (Phi) is 4.39. The topological polar surface area (TPSA) is 31.2 Å². The van der Waals surface area contributed by atoms with E-state index in [1.54, 1.807) is 0 Å². The largest absolute Gasteiger partial charge is 0.461 e. The van der Waals surface area contributed by atoms with Gasteiger partial charge in [-0.15, -0.1) is 0 Å².